The molecule has 1 atom stereocenters. The number of ether oxygens (including phenoxy) is 1. The van der Waals surface area contributed by atoms with Crippen molar-refractivity contribution in [1.82, 2.24) is 9.97 Å². The standard InChI is InChI=1S/C29H46N2OS/c1-4-6-7-8-9-10-11-15-22-33-29-30-23-27(24-31-29)26-17-19-28(20-18-26)32-21-14-12-13-16-25(3)5-2/h17-20,23-25H,4-16,21-22H2,1-3H3/t25-/m0/s1. The highest BCUT2D eigenvalue weighted by Crippen LogP contribution is 2.23. The second-order valence-electron chi connectivity index (χ2n) is 9.31. The van der Waals surface area contributed by atoms with Crippen LogP contribution in [-0.2, 0) is 0 Å². The van der Waals surface area contributed by atoms with Crippen LogP contribution in [-0.4, -0.2) is 22.3 Å². The molecule has 1 heterocycles. The number of nitrogens with zero attached hydrogens (tertiary/aromatic N) is 2. The quantitative estimate of drug-likeness (QED) is 0.116. The lowest BCUT2D eigenvalue weighted by Crippen LogP contribution is -1.98. The van der Waals surface area contributed by atoms with Crippen molar-refractivity contribution in [3.8, 4) is 16.9 Å². The van der Waals surface area contributed by atoms with Crippen molar-refractivity contribution in [3.63, 3.8) is 0 Å². The molecule has 3 nitrogen and oxygen atoms in total. The maximum Gasteiger partial charge on any atom is 0.187 e. The minimum Gasteiger partial charge on any atom is -0.494 e. The van der Waals surface area contributed by atoms with Gasteiger partial charge in [0.05, 0.1) is 6.61 Å². The summed E-state index contributed by atoms with van der Waals surface area (Å²) in [6.45, 7) is 7.69. The molecule has 1 aromatic carbocycles. The fourth-order valence-corrected chi connectivity index (χ4v) is 4.63. The Morgan fingerprint density at radius 2 is 1.39 bits per heavy atom. The summed E-state index contributed by atoms with van der Waals surface area (Å²) in [5.74, 6) is 2.90. The second kappa shape index (κ2) is 17.9. The van der Waals surface area contributed by atoms with Crippen molar-refractivity contribution in [2.75, 3.05) is 12.4 Å². The van der Waals surface area contributed by atoms with E-state index in [0.717, 1.165) is 46.7 Å². The van der Waals surface area contributed by atoms with E-state index >= 15 is 0 Å². The van der Waals surface area contributed by atoms with Gasteiger partial charge in [0, 0.05) is 23.7 Å². The van der Waals surface area contributed by atoms with E-state index in [1.807, 2.05) is 12.4 Å². The molecule has 0 saturated carbocycles. The van der Waals surface area contributed by atoms with Crippen LogP contribution < -0.4 is 4.74 Å². The SMILES string of the molecule is CCCCCCCCCCSc1ncc(-c2ccc(OCCCCC[C@@H](C)CC)cc2)cn1. The molecule has 0 saturated heterocycles. The van der Waals surface area contributed by atoms with Crippen LogP contribution in [0.15, 0.2) is 41.8 Å². The zero-order chi connectivity index (χ0) is 23.6. The Kier molecular flexibility index (Phi) is 15.0. The summed E-state index contributed by atoms with van der Waals surface area (Å²) in [6, 6.07) is 8.31. The summed E-state index contributed by atoms with van der Waals surface area (Å²) in [5, 5.41) is 0.884. The van der Waals surface area contributed by atoms with Gasteiger partial charge in [-0.15, -0.1) is 0 Å². The number of benzene rings is 1. The summed E-state index contributed by atoms with van der Waals surface area (Å²) in [5.41, 5.74) is 2.19. The predicted molar refractivity (Wildman–Crippen MR) is 144 cm³/mol. The Labute approximate surface area is 207 Å². The van der Waals surface area contributed by atoms with Crippen molar-refractivity contribution in [1.29, 1.82) is 0 Å². The molecule has 0 fully saturated rings. The molecule has 0 aliphatic carbocycles. The van der Waals surface area contributed by atoms with Crippen molar-refractivity contribution < 1.29 is 4.74 Å². The first-order chi connectivity index (χ1) is 16.2. The number of unbranched alkanes of at least 4 members (excludes halogenated alkanes) is 9. The lowest BCUT2D eigenvalue weighted by molar-refractivity contribution is 0.302. The zero-order valence-corrected chi connectivity index (χ0v) is 22.2. The molecule has 33 heavy (non-hydrogen) atoms. The Balaban J connectivity index is 1.60. The van der Waals surface area contributed by atoms with Crippen LogP contribution in [0, 0.1) is 5.92 Å². The maximum atomic E-state index is 5.91. The smallest absolute Gasteiger partial charge is 0.187 e. The molecule has 2 aromatic rings. The third kappa shape index (κ3) is 12.5. The monoisotopic (exact) mass is 470 g/mol. The zero-order valence-electron chi connectivity index (χ0n) is 21.4. The van der Waals surface area contributed by atoms with E-state index in [4.69, 9.17) is 4.74 Å². The highest BCUT2D eigenvalue weighted by atomic mass is 32.2. The first kappa shape index (κ1) is 27.7. The van der Waals surface area contributed by atoms with Gasteiger partial charge in [-0.1, -0.05) is 115 Å². The van der Waals surface area contributed by atoms with Crippen molar-refractivity contribution in [2.45, 2.75) is 109 Å². The van der Waals surface area contributed by atoms with Crippen molar-refractivity contribution in [3.05, 3.63) is 36.7 Å². The topological polar surface area (TPSA) is 35.0 Å². The molecule has 0 unspecified atom stereocenters. The van der Waals surface area contributed by atoms with E-state index in [0.29, 0.717) is 0 Å². The molecular weight excluding hydrogens is 424 g/mol. The van der Waals surface area contributed by atoms with Crippen LogP contribution in [0.2, 0.25) is 0 Å². The first-order valence-electron chi connectivity index (χ1n) is 13.4. The van der Waals surface area contributed by atoms with Gasteiger partial charge >= 0.3 is 0 Å². The predicted octanol–water partition coefficient (Wildman–Crippen LogP) is 9.36. The number of rotatable bonds is 19. The fraction of sp³-hybridized carbons (Fsp3) is 0.655. The molecule has 0 bridgehead atoms. The third-order valence-corrected chi connectivity index (χ3v) is 7.31. The van der Waals surface area contributed by atoms with E-state index in [1.54, 1.807) is 11.8 Å². The number of hydrogen-bond donors (Lipinski definition) is 0. The van der Waals surface area contributed by atoms with Gasteiger partial charge in [0.25, 0.3) is 0 Å². The van der Waals surface area contributed by atoms with Gasteiger partial charge < -0.3 is 4.74 Å². The molecule has 2 rings (SSSR count). The van der Waals surface area contributed by atoms with E-state index in [-0.39, 0.29) is 0 Å². The Hall–Kier alpha value is -1.55. The summed E-state index contributed by atoms with van der Waals surface area (Å²) >= 11 is 1.77. The van der Waals surface area contributed by atoms with Gasteiger partial charge in [0.1, 0.15) is 5.75 Å². The van der Waals surface area contributed by atoms with E-state index in [2.05, 4.69) is 55.0 Å². The maximum absolute atomic E-state index is 5.91. The van der Waals surface area contributed by atoms with E-state index in [9.17, 15) is 0 Å². The van der Waals surface area contributed by atoms with Crippen LogP contribution in [0.1, 0.15) is 104 Å². The molecule has 4 heteroatoms. The third-order valence-electron chi connectivity index (χ3n) is 6.35. The Bertz CT molecular complexity index is 717. The summed E-state index contributed by atoms with van der Waals surface area (Å²) in [7, 11) is 0. The highest BCUT2D eigenvalue weighted by molar-refractivity contribution is 7.99. The molecule has 0 amide bonds. The van der Waals surface area contributed by atoms with Crippen LogP contribution in [0.25, 0.3) is 11.1 Å². The number of thioether (sulfide) groups is 1. The van der Waals surface area contributed by atoms with E-state index < -0.39 is 0 Å². The number of aromatic nitrogens is 2. The van der Waals surface area contributed by atoms with Crippen LogP contribution in [0.5, 0.6) is 5.75 Å². The Morgan fingerprint density at radius 1 is 0.758 bits per heavy atom. The lowest BCUT2D eigenvalue weighted by atomic mass is 10.0. The van der Waals surface area contributed by atoms with Crippen molar-refractivity contribution in [2.24, 2.45) is 5.92 Å². The van der Waals surface area contributed by atoms with Crippen molar-refractivity contribution >= 4 is 11.8 Å². The van der Waals surface area contributed by atoms with Crippen LogP contribution in [0.4, 0.5) is 0 Å². The first-order valence-corrected chi connectivity index (χ1v) is 14.4. The summed E-state index contributed by atoms with van der Waals surface area (Å²) in [6.07, 6.45) is 21.0. The van der Waals surface area contributed by atoms with Gasteiger partial charge in [0.2, 0.25) is 0 Å². The molecule has 0 spiro atoms. The second-order valence-corrected chi connectivity index (χ2v) is 10.4. The molecule has 0 radical (unpaired) electrons. The molecule has 1 aromatic heterocycles. The molecular formula is C29H46N2OS. The fourth-order valence-electron chi connectivity index (χ4n) is 3.85. The Morgan fingerprint density at radius 3 is 2.06 bits per heavy atom. The summed E-state index contributed by atoms with van der Waals surface area (Å²) < 4.78 is 5.91. The number of hydrogen-bond acceptors (Lipinski definition) is 4. The average Bonchev–Trinajstić information content (AvgIpc) is 2.85. The largest absolute Gasteiger partial charge is 0.494 e. The normalized spacial score (nSPS) is 12.1. The van der Waals surface area contributed by atoms with Gasteiger partial charge in [-0.2, -0.15) is 0 Å². The van der Waals surface area contributed by atoms with Gasteiger partial charge in [-0.3, -0.25) is 0 Å². The van der Waals surface area contributed by atoms with Crippen LogP contribution in [0.3, 0.4) is 0 Å². The lowest BCUT2D eigenvalue weighted by Gasteiger charge is -2.09. The molecule has 0 N–H and O–H groups in total. The minimum absolute atomic E-state index is 0.799. The van der Waals surface area contributed by atoms with Gasteiger partial charge in [0.15, 0.2) is 5.16 Å². The highest BCUT2D eigenvalue weighted by Gasteiger charge is 2.03. The van der Waals surface area contributed by atoms with Crippen LogP contribution >= 0.6 is 11.8 Å². The molecule has 184 valence electrons. The molecule has 0 aliphatic heterocycles. The summed E-state index contributed by atoms with van der Waals surface area (Å²) in [4.78, 5) is 9.12. The van der Waals surface area contributed by atoms with Gasteiger partial charge in [-0.25, -0.2) is 9.97 Å². The minimum atomic E-state index is 0.799. The average molecular weight is 471 g/mol. The van der Waals surface area contributed by atoms with Gasteiger partial charge in [-0.05, 0) is 36.5 Å². The molecule has 0 aliphatic rings. The van der Waals surface area contributed by atoms with E-state index in [1.165, 1.54) is 77.0 Å².